The lowest BCUT2D eigenvalue weighted by molar-refractivity contribution is 1.02. The fourth-order valence-electron chi connectivity index (χ4n) is 0.437. The Morgan fingerprint density at radius 3 is 2.62 bits per heavy atom. The van der Waals surface area contributed by atoms with Crippen LogP contribution in [0.5, 0.6) is 0 Å². The summed E-state index contributed by atoms with van der Waals surface area (Å²) in [5.74, 6) is 2.50. The second-order valence-electron chi connectivity index (χ2n) is 1.42. The van der Waals surface area contributed by atoms with Crippen molar-refractivity contribution in [1.82, 2.24) is 5.32 Å². The highest BCUT2D eigenvalue weighted by molar-refractivity contribution is 5.22. The number of rotatable bonds is 2. The first-order chi connectivity index (χ1) is 3.85. The minimum Gasteiger partial charge on any atom is -0.382 e. The van der Waals surface area contributed by atoms with Gasteiger partial charge in [0.1, 0.15) is 0 Å². The van der Waals surface area contributed by atoms with E-state index in [9.17, 15) is 0 Å². The molecule has 0 radical (unpaired) electrons. The molecule has 0 spiro atoms. The van der Waals surface area contributed by atoms with Gasteiger partial charge in [-0.25, -0.2) is 0 Å². The van der Waals surface area contributed by atoms with Crippen molar-refractivity contribution in [2.75, 3.05) is 7.05 Å². The van der Waals surface area contributed by atoms with Crippen molar-refractivity contribution in [1.29, 1.82) is 0 Å². The molecule has 8 heavy (non-hydrogen) atoms. The highest BCUT2D eigenvalue weighted by Crippen LogP contribution is 1.86. The van der Waals surface area contributed by atoms with Crippen molar-refractivity contribution in [3.05, 3.63) is 11.8 Å². The predicted molar refractivity (Wildman–Crippen MR) is 36.3 cm³/mol. The molecule has 1 N–H and O–H groups in total. The van der Waals surface area contributed by atoms with Crippen LogP contribution in [-0.2, 0) is 0 Å². The number of allylic oxidation sites excluding steroid dienone is 2. The molecule has 0 saturated carbocycles. The van der Waals surface area contributed by atoms with Gasteiger partial charge in [0.2, 0.25) is 0 Å². The molecule has 0 aliphatic carbocycles. The van der Waals surface area contributed by atoms with E-state index in [1.54, 1.807) is 0 Å². The fraction of sp³-hybridized carbons (Fsp3) is 0.429. The Balaban J connectivity index is 3.72. The van der Waals surface area contributed by atoms with Crippen LogP contribution in [0, 0.1) is 12.3 Å². The van der Waals surface area contributed by atoms with E-state index in [0.717, 1.165) is 12.1 Å². The number of terminal acetylenes is 1. The molecular formula is C7H11N. The molecule has 0 fully saturated rings. The second-order valence-corrected chi connectivity index (χ2v) is 1.42. The third-order valence-corrected chi connectivity index (χ3v) is 0.833. The number of nitrogens with one attached hydrogen (secondary N) is 1. The lowest BCUT2D eigenvalue weighted by Gasteiger charge is -1.93. The molecular weight excluding hydrogens is 98.1 g/mol. The van der Waals surface area contributed by atoms with Gasteiger partial charge in [-0.3, -0.25) is 0 Å². The normalized spacial score (nSPS) is 10.4. The van der Waals surface area contributed by atoms with E-state index in [-0.39, 0.29) is 0 Å². The average Bonchev–Trinajstić information content (AvgIpc) is 1.83. The second kappa shape index (κ2) is 4.26. The summed E-state index contributed by atoms with van der Waals surface area (Å²) in [6.45, 7) is 2.05. The molecule has 0 aromatic carbocycles. The van der Waals surface area contributed by atoms with Gasteiger partial charge in [-0.1, -0.05) is 18.9 Å². The maximum absolute atomic E-state index is 5.09. The van der Waals surface area contributed by atoms with Crippen molar-refractivity contribution in [2.45, 2.75) is 13.3 Å². The number of hydrogen-bond donors (Lipinski definition) is 1. The summed E-state index contributed by atoms with van der Waals surface area (Å²) in [5, 5.41) is 2.88. The van der Waals surface area contributed by atoms with Crippen LogP contribution in [0.4, 0.5) is 0 Å². The van der Waals surface area contributed by atoms with E-state index in [0.29, 0.717) is 0 Å². The molecule has 0 aliphatic heterocycles. The molecule has 0 aliphatic rings. The smallest absolute Gasteiger partial charge is 0.0807 e. The third kappa shape index (κ3) is 2.30. The molecule has 1 heteroatoms. The molecule has 0 rings (SSSR count). The Kier molecular flexibility index (Phi) is 3.78. The first-order valence-electron chi connectivity index (χ1n) is 2.69. The van der Waals surface area contributed by atoms with Gasteiger partial charge >= 0.3 is 0 Å². The quantitative estimate of drug-likeness (QED) is 0.524. The van der Waals surface area contributed by atoms with Gasteiger partial charge in [0.15, 0.2) is 0 Å². The minimum atomic E-state index is 0.868. The summed E-state index contributed by atoms with van der Waals surface area (Å²) < 4.78 is 0. The first-order valence-corrected chi connectivity index (χ1v) is 2.69. The Labute approximate surface area is 50.8 Å². The lowest BCUT2D eigenvalue weighted by atomic mass is 10.3. The van der Waals surface area contributed by atoms with E-state index in [2.05, 4.69) is 18.2 Å². The highest BCUT2D eigenvalue weighted by atomic mass is 14.8. The molecule has 0 saturated heterocycles. The topological polar surface area (TPSA) is 12.0 Å². The Morgan fingerprint density at radius 1 is 1.88 bits per heavy atom. The summed E-state index contributed by atoms with van der Waals surface area (Å²) in [7, 11) is 1.82. The first kappa shape index (κ1) is 7.10. The van der Waals surface area contributed by atoms with Crippen molar-refractivity contribution in [3.63, 3.8) is 0 Å². The summed E-state index contributed by atoms with van der Waals surface area (Å²) in [4.78, 5) is 0. The minimum absolute atomic E-state index is 0.868. The Morgan fingerprint density at radius 2 is 2.50 bits per heavy atom. The summed E-state index contributed by atoms with van der Waals surface area (Å²) >= 11 is 0. The maximum atomic E-state index is 5.09. The van der Waals surface area contributed by atoms with Gasteiger partial charge in [0, 0.05) is 7.05 Å². The van der Waals surface area contributed by atoms with Crippen LogP contribution in [0.3, 0.4) is 0 Å². The predicted octanol–water partition coefficient (Wildman–Crippen LogP) is 1.13. The zero-order valence-electron chi connectivity index (χ0n) is 5.36. The third-order valence-electron chi connectivity index (χ3n) is 0.833. The van der Waals surface area contributed by atoms with Gasteiger partial charge in [-0.05, 0) is 6.42 Å². The molecule has 0 unspecified atom stereocenters. The zero-order chi connectivity index (χ0) is 6.41. The summed E-state index contributed by atoms with van der Waals surface area (Å²) in [5.41, 5.74) is 0.868. The monoisotopic (exact) mass is 109 g/mol. The van der Waals surface area contributed by atoms with Gasteiger partial charge in [-0.2, -0.15) is 0 Å². The van der Waals surface area contributed by atoms with Crippen LogP contribution in [0.1, 0.15) is 13.3 Å². The molecule has 0 amide bonds. The fourth-order valence-corrected chi connectivity index (χ4v) is 0.437. The molecule has 0 bridgehead atoms. The van der Waals surface area contributed by atoms with Crippen LogP contribution >= 0.6 is 0 Å². The van der Waals surface area contributed by atoms with Gasteiger partial charge in [0.05, 0.1) is 5.70 Å². The molecule has 0 aromatic rings. The lowest BCUT2D eigenvalue weighted by Crippen LogP contribution is -2.02. The molecule has 0 atom stereocenters. The van der Waals surface area contributed by atoms with E-state index < -0.39 is 0 Å². The van der Waals surface area contributed by atoms with Crippen LogP contribution in [-0.4, -0.2) is 7.05 Å². The van der Waals surface area contributed by atoms with E-state index in [4.69, 9.17) is 6.42 Å². The van der Waals surface area contributed by atoms with Crippen molar-refractivity contribution >= 4 is 0 Å². The molecule has 44 valence electrons. The van der Waals surface area contributed by atoms with E-state index in [1.165, 1.54) is 0 Å². The Hall–Kier alpha value is -0.900. The van der Waals surface area contributed by atoms with Crippen molar-refractivity contribution in [3.8, 4) is 12.3 Å². The molecule has 1 nitrogen and oxygen atoms in total. The van der Waals surface area contributed by atoms with Crippen molar-refractivity contribution < 1.29 is 0 Å². The number of hydrogen-bond acceptors (Lipinski definition) is 1. The van der Waals surface area contributed by atoms with Crippen LogP contribution < -0.4 is 5.32 Å². The van der Waals surface area contributed by atoms with Crippen LogP contribution in [0.2, 0.25) is 0 Å². The maximum Gasteiger partial charge on any atom is 0.0807 e. The average molecular weight is 109 g/mol. The van der Waals surface area contributed by atoms with Crippen molar-refractivity contribution in [2.24, 2.45) is 0 Å². The SMILES string of the molecule is C#C/C(=C/CC)NC. The van der Waals surface area contributed by atoms with Crippen LogP contribution in [0.15, 0.2) is 11.8 Å². The largest absolute Gasteiger partial charge is 0.382 e. The zero-order valence-corrected chi connectivity index (χ0v) is 5.36. The standard InChI is InChI=1S/C7H11N/c1-4-6-7(5-2)8-3/h2,6,8H,4H2,1,3H3/b7-6-. The molecule has 0 aromatic heterocycles. The Bertz CT molecular complexity index is 117. The summed E-state index contributed by atoms with van der Waals surface area (Å²) in [6.07, 6.45) is 8.05. The van der Waals surface area contributed by atoms with E-state index in [1.807, 2.05) is 13.1 Å². The highest BCUT2D eigenvalue weighted by Gasteiger charge is 1.79. The molecule has 0 heterocycles. The van der Waals surface area contributed by atoms with Gasteiger partial charge in [0.25, 0.3) is 0 Å². The van der Waals surface area contributed by atoms with Gasteiger partial charge < -0.3 is 5.32 Å². The van der Waals surface area contributed by atoms with E-state index >= 15 is 0 Å². The van der Waals surface area contributed by atoms with Gasteiger partial charge in [-0.15, -0.1) is 6.42 Å². The summed E-state index contributed by atoms with van der Waals surface area (Å²) in [6, 6.07) is 0. The van der Waals surface area contributed by atoms with Crippen LogP contribution in [0.25, 0.3) is 0 Å².